The smallest absolute Gasteiger partial charge is 0.313 e. The summed E-state index contributed by atoms with van der Waals surface area (Å²) in [7, 11) is 4.11. The standard InChI is InChI=1S/C34H52FN7O3/c1-22-17-27-26(18-37-42(27)28-11-8-9-16-44-28)29(23(22)2)31(36)30(35)24(3)38-32(45-21-34(13-14-34)20-40(6)7)39-25(4)41-15-10-12-33(5,43)19-41/h17-18,25,28,43H,8-16,19-21,36H2,1-7H3/b31-30+,38-24+,39-32+/t25?,28?,33-/m1/s1. The lowest BCUT2D eigenvalue weighted by atomic mass is 9.95. The van der Waals surface area contributed by atoms with Crippen molar-refractivity contribution in [1.82, 2.24) is 19.6 Å². The summed E-state index contributed by atoms with van der Waals surface area (Å²) in [6.07, 6.45) is 8.07. The van der Waals surface area contributed by atoms with Crippen LogP contribution in [0.1, 0.15) is 88.6 Å². The van der Waals surface area contributed by atoms with E-state index in [1.54, 1.807) is 13.1 Å². The summed E-state index contributed by atoms with van der Waals surface area (Å²) in [5, 5.41) is 16.1. The van der Waals surface area contributed by atoms with Gasteiger partial charge >= 0.3 is 6.02 Å². The number of fused-ring (bicyclic) bond motifs is 1. The molecule has 3 aliphatic rings. The number of halogens is 1. The highest BCUT2D eigenvalue weighted by atomic mass is 19.1. The molecular weight excluding hydrogens is 573 g/mol. The Hall–Kier alpha value is -2.86. The van der Waals surface area contributed by atoms with Gasteiger partial charge in [0.2, 0.25) is 0 Å². The second-order valence-corrected chi connectivity index (χ2v) is 14.1. The minimum absolute atomic E-state index is 0.0114. The van der Waals surface area contributed by atoms with Crippen LogP contribution in [-0.2, 0) is 9.47 Å². The Labute approximate surface area is 267 Å². The molecule has 3 atom stereocenters. The zero-order chi connectivity index (χ0) is 32.5. The van der Waals surface area contributed by atoms with Gasteiger partial charge in [-0.25, -0.2) is 14.1 Å². The van der Waals surface area contributed by atoms with Crippen molar-refractivity contribution in [2.24, 2.45) is 21.1 Å². The SMILES string of the molecule is CC(=N\C(=N/C(C)N1CCC[C@@](C)(O)C1)OCC1(CN(C)C)CC1)/C(F)=C(\N)c1c(C)c(C)cc2c1cnn2C1CCCCO1. The van der Waals surface area contributed by atoms with Crippen LogP contribution in [0.5, 0.6) is 0 Å². The molecular formula is C34H52FN7O3. The van der Waals surface area contributed by atoms with Crippen LogP contribution < -0.4 is 5.73 Å². The molecule has 0 bridgehead atoms. The molecule has 1 aliphatic carbocycles. The van der Waals surface area contributed by atoms with Crippen molar-refractivity contribution in [2.75, 3.05) is 46.9 Å². The van der Waals surface area contributed by atoms with E-state index >= 15 is 4.39 Å². The van der Waals surface area contributed by atoms with Gasteiger partial charge < -0.3 is 25.2 Å². The number of nitrogens with two attached hydrogens (primary N) is 1. The molecule has 3 N–H and O–H groups in total. The summed E-state index contributed by atoms with van der Waals surface area (Å²) in [5.41, 5.74) is 9.38. The molecule has 3 heterocycles. The molecule has 248 valence electrons. The van der Waals surface area contributed by atoms with E-state index in [0.29, 0.717) is 25.3 Å². The van der Waals surface area contributed by atoms with Crippen molar-refractivity contribution < 1.29 is 19.0 Å². The molecule has 2 aromatic rings. The normalized spacial score (nSPS) is 25.9. The van der Waals surface area contributed by atoms with Crippen molar-refractivity contribution in [1.29, 1.82) is 0 Å². The number of hydrogen-bond donors (Lipinski definition) is 2. The first-order valence-electron chi connectivity index (χ1n) is 16.4. The van der Waals surface area contributed by atoms with Crippen LogP contribution in [0.15, 0.2) is 28.1 Å². The number of amidine groups is 1. The number of β-amino-alcohol motifs (C(OH)–C–C–N with tert-alkyl or cyclic N) is 1. The third kappa shape index (κ3) is 7.76. The van der Waals surface area contributed by atoms with Gasteiger partial charge in [0.15, 0.2) is 12.1 Å². The van der Waals surface area contributed by atoms with Crippen molar-refractivity contribution >= 4 is 28.3 Å². The van der Waals surface area contributed by atoms with E-state index in [4.69, 9.17) is 20.2 Å². The quantitative estimate of drug-likeness (QED) is 0.287. The molecule has 0 radical (unpaired) electrons. The Morgan fingerprint density at radius 3 is 2.67 bits per heavy atom. The first kappa shape index (κ1) is 33.5. The fourth-order valence-electron chi connectivity index (χ4n) is 6.74. The summed E-state index contributed by atoms with van der Waals surface area (Å²) in [4.78, 5) is 13.7. The minimum atomic E-state index is -0.775. The third-order valence-corrected chi connectivity index (χ3v) is 9.58. The first-order valence-corrected chi connectivity index (χ1v) is 16.4. The number of aromatic nitrogens is 2. The van der Waals surface area contributed by atoms with E-state index in [2.05, 4.69) is 40.1 Å². The van der Waals surface area contributed by atoms with Gasteiger partial charge in [0.1, 0.15) is 6.17 Å². The molecule has 45 heavy (non-hydrogen) atoms. The van der Waals surface area contributed by atoms with E-state index in [-0.39, 0.29) is 35.2 Å². The second kappa shape index (κ2) is 13.5. The highest BCUT2D eigenvalue weighted by Gasteiger charge is 2.44. The highest BCUT2D eigenvalue weighted by molar-refractivity contribution is 6.09. The zero-order valence-corrected chi connectivity index (χ0v) is 28.2. The number of nitrogens with zero attached hydrogens (tertiary/aromatic N) is 6. The number of ether oxygens (including phenoxy) is 2. The summed E-state index contributed by atoms with van der Waals surface area (Å²) in [6.45, 7) is 12.7. The number of piperidine rings is 1. The second-order valence-electron chi connectivity index (χ2n) is 14.1. The number of likely N-dealkylation sites (tertiary alicyclic amines) is 1. The van der Waals surface area contributed by atoms with Crippen LogP contribution in [0.2, 0.25) is 0 Å². The van der Waals surface area contributed by atoms with Crippen molar-refractivity contribution in [3.05, 3.63) is 34.8 Å². The predicted molar refractivity (Wildman–Crippen MR) is 178 cm³/mol. The fourth-order valence-corrected chi connectivity index (χ4v) is 6.74. The van der Waals surface area contributed by atoms with Crippen LogP contribution in [-0.4, -0.2) is 95.1 Å². The minimum Gasteiger partial charge on any atom is -0.463 e. The predicted octanol–water partition coefficient (Wildman–Crippen LogP) is 5.32. The number of aliphatic imine (C=N–C) groups is 2. The summed E-state index contributed by atoms with van der Waals surface area (Å²) >= 11 is 0. The Morgan fingerprint density at radius 1 is 1.27 bits per heavy atom. The zero-order valence-electron chi connectivity index (χ0n) is 28.2. The van der Waals surface area contributed by atoms with Crippen LogP contribution in [0.3, 0.4) is 0 Å². The molecule has 0 amide bonds. The van der Waals surface area contributed by atoms with Crippen molar-refractivity contribution in [2.45, 2.75) is 97.6 Å². The highest BCUT2D eigenvalue weighted by Crippen LogP contribution is 2.46. The van der Waals surface area contributed by atoms with E-state index < -0.39 is 11.4 Å². The summed E-state index contributed by atoms with van der Waals surface area (Å²) < 4.78 is 30.5. The monoisotopic (exact) mass is 625 g/mol. The van der Waals surface area contributed by atoms with Gasteiger partial charge in [-0.2, -0.15) is 10.1 Å². The molecule has 2 unspecified atom stereocenters. The molecule has 10 nitrogen and oxygen atoms in total. The Morgan fingerprint density at radius 2 is 2.02 bits per heavy atom. The largest absolute Gasteiger partial charge is 0.463 e. The Bertz CT molecular complexity index is 1470. The average Bonchev–Trinajstić information content (AvgIpc) is 3.63. The van der Waals surface area contributed by atoms with E-state index in [9.17, 15) is 5.11 Å². The summed E-state index contributed by atoms with van der Waals surface area (Å²) in [6, 6.07) is 2.21. The van der Waals surface area contributed by atoms with Gasteiger partial charge in [-0.1, -0.05) is 0 Å². The number of hydrogen-bond acceptors (Lipinski definition) is 8. The van der Waals surface area contributed by atoms with Crippen LogP contribution in [0.4, 0.5) is 4.39 Å². The van der Waals surface area contributed by atoms with E-state index in [1.165, 1.54) is 0 Å². The molecule has 5 rings (SSSR count). The molecule has 1 aromatic heterocycles. The molecule has 3 fully saturated rings. The van der Waals surface area contributed by atoms with Gasteiger partial charge in [0.05, 0.1) is 35.3 Å². The van der Waals surface area contributed by atoms with Crippen LogP contribution >= 0.6 is 0 Å². The number of aryl methyl sites for hydroxylation is 1. The number of aliphatic hydroxyl groups is 1. The molecule has 2 saturated heterocycles. The van der Waals surface area contributed by atoms with Crippen LogP contribution in [0.25, 0.3) is 16.6 Å². The van der Waals surface area contributed by atoms with Crippen molar-refractivity contribution in [3.8, 4) is 0 Å². The average molecular weight is 626 g/mol. The van der Waals surface area contributed by atoms with E-state index in [1.807, 2.05) is 32.4 Å². The molecule has 2 aliphatic heterocycles. The third-order valence-electron chi connectivity index (χ3n) is 9.58. The summed E-state index contributed by atoms with van der Waals surface area (Å²) in [5.74, 6) is -0.619. The fraction of sp³-hybridized carbons (Fsp3) is 0.676. The van der Waals surface area contributed by atoms with Gasteiger partial charge in [-0.15, -0.1) is 0 Å². The van der Waals surface area contributed by atoms with E-state index in [0.717, 1.165) is 80.1 Å². The lowest BCUT2D eigenvalue weighted by Crippen LogP contribution is -2.49. The van der Waals surface area contributed by atoms with Crippen LogP contribution in [0, 0.1) is 19.3 Å². The van der Waals surface area contributed by atoms with Crippen molar-refractivity contribution in [3.63, 3.8) is 0 Å². The maximum Gasteiger partial charge on any atom is 0.313 e. The molecule has 1 saturated carbocycles. The van der Waals surface area contributed by atoms with Gasteiger partial charge in [-0.3, -0.25) is 4.90 Å². The van der Waals surface area contributed by atoms with Gasteiger partial charge in [0, 0.05) is 42.6 Å². The lowest BCUT2D eigenvalue weighted by Gasteiger charge is -2.38. The lowest BCUT2D eigenvalue weighted by molar-refractivity contribution is -0.0366. The van der Waals surface area contributed by atoms with Gasteiger partial charge in [0.25, 0.3) is 0 Å². The Balaban J connectivity index is 1.48. The maximum atomic E-state index is 16.3. The maximum absolute atomic E-state index is 16.3. The topological polar surface area (TPSA) is 114 Å². The number of benzene rings is 1. The molecule has 0 spiro atoms. The number of allylic oxidation sites excluding steroid dienone is 1. The molecule has 1 aromatic carbocycles. The van der Waals surface area contributed by atoms with Gasteiger partial charge in [-0.05, 0) is 111 Å². The Kier molecular flexibility index (Phi) is 10.0. The first-order chi connectivity index (χ1) is 21.3. The molecule has 11 heteroatoms. The number of rotatable bonds is 9.